The molecule has 0 aromatic heterocycles. The van der Waals surface area contributed by atoms with E-state index in [0.717, 1.165) is 6.42 Å². The van der Waals surface area contributed by atoms with E-state index >= 15 is 0 Å². The van der Waals surface area contributed by atoms with E-state index in [1.807, 2.05) is 6.92 Å². The van der Waals surface area contributed by atoms with Crippen LogP contribution in [0.5, 0.6) is 0 Å². The highest BCUT2D eigenvalue weighted by Gasteiger charge is 2.52. The predicted molar refractivity (Wildman–Crippen MR) is 66.3 cm³/mol. The van der Waals surface area contributed by atoms with Crippen molar-refractivity contribution in [2.24, 2.45) is 0 Å². The second-order valence-electron chi connectivity index (χ2n) is 4.46. The fourth-order valence-electron chi connectivity index (χ4n) is 2.05. The fraction of sp³-hybridized carbons (Fsp3) is 0.846. The molecule has 1 heterocycles. The van der Waals surface area contributed by atoms with Crippen molar-refractivity contribution < 1.29 is 28.5 Å². The topological polar surface area (TPSA) is 71.1 Å². The van der Waals surface area contributed by atoms with Crippen LogP contribution in [0.4, 0.5) is 0 Å². The van der Waals surface area contributed by atoms with Gasteiger partial charge in [-0.25, -0.2) is 9.59 Å². The maximum Gasteiger partial charge on any atom is 0.338 e. The lowest BCUT2D eigenvalue weighted by Gasteiger charge is -2.22. The quantitative estimate of drug-likeness (QED) is 0.682. The zero-order valence-electron chi connectivity index (χ0n) is 11.9. The van der Waals surface area contributed by atoms with Gasteiger partial charge in [-0.05, 0) is 20.8 Å². The molecule has 0 amide bonds. The van der Waals surface area contributed by atoms with E-state index in [4.69, 9.17) is 18.9 Å². The van der Waals surface area contributed by atoms with Gasteiger partial charge in [-0.3, -0.25) is 0 Å². The minimum atomic E-state index is -1.06. The average Bonchev–Trinajstić information content (AvgIpc) is 2.69. The van der Waals surface area contributed by atoms with Gasteiger partial charge >= 0.3 is 11.9 Å². The standard InChI is InChI=1S/C13H22O6/c1-5-8-13(4)18-9(11(14)16-6-2)10(19-13)12(15)17-7-3/h9-10H,5-8H2,1-4H3/t9-,10-/m0/s1. The number of rotatable bonds is 6. The lowest BCUT2D eigenvalue weighted by atomic mass is 10.2. The van der Waals surface area contributed by atoms with Gasteiger partial charge in [0.2, 0.25) is 0 Å². The Balaban J connectivity index is 2.84. The maximum atomic E-state index is 11.8. The van der Waals surface area contributed by atoms with Crippen LogP contribution in [0.3, 0.4) is 0 Å². The van der Waals surface area contributed by atoms with Crippen molar-refractivity contribution in [2.75, 3.05) is 13.2 Å². The Hall–Kier alpha value is -1.14. The first kappa shape index (κ1) is 15.9. The average molecular weight is 274 g/mol. The highest BCUT2D eigenvalue weighted by atomic mass is 16.8. The molecular weight excluding hydrogens is 252 g/mol. The predicted octanol–water partition coefficient (Wildman–Crippen LogP) is 1.41. The monoisotopic (exact) mass is 274 g/mol. The van der Waals surface area contributed by atoms with Gasteiger partial charge in [0.25, 0.3) is 0 Å². The summed E-state index contributed by atoms with van der Waals surface area (Å²) in [5.74, 6) is -2.15. The van der Waals surface area contributed by atoms with Gasteiger partial charge in [-0.15, -0.1) is 0 Å². The number of hydrogen-bond donors (Lipinski definition) is 0. The van der Waals surface area contributed by atoms with Gasteiger partial charge in [0.1, 0.15) is 0 Å². The Morgan fingerprint density at radius 3 is 1.74 bits per heavy atom. The van der Waals surface area contributed by atoms with Crippen molar-refractivity contribution in [3.8, 4) is 0 Å². The lowest BCUT2D eigenvalue weighted by Crippen LogP contribution is -2.39. The number of ether oxygens (including phenoxy) is 4. The number of carbonyl (C=O) groups excluding carboxylic acids is 2. The summed E-state index contributed by atoms with van der Waals surface area (Å²) in [6.07, 6.45) is -0.730. The normalized spacial score (nSPS) is 25.1. The first-order chi connectivity index (χ1) is 8.97. The van der Waals surface area contributed by atoms with Crippen molar-refractivity contribution in [1.29, 1.82) is 0 Å². The van der Waals surface area contributed by atoms with E-state index in [9.17, 15) is 9.59 Å². The highest BCUT2D eigenvalue weighted by molar-refractivity contribution is 5.86. The molecule has 110 valence electrons. The van der Waals surface area contributed by atoms with Gasteiger partial charge in [0.15, 0.2) is 18.0 Å². The first-order valence-electron chi connectivity index (χ1n) is 6.66. The molecule has 6 heteroatoms. The molecule has 19 heavy (non-hydrogen) atoms. The molecule has 0 aromatic rings. The van der Waals surface area contributed by atoms with Crippen LogP contribution in [-0.2, 0) is 28.5 Å². The third-order valence-electron chi connectivity index (χ3n) is 2.77. The lowest BCUT2D eigenvalue weighted by molar-refractivity contribution is -0.183. The zero-order valence-corrected chi connectivity index (χ0v) is 11.9. The summed E-state index contributed by atoms with van der Waals surface area (Å²) in [6.45, 7) is 7.51. The molecule has 0 spiro atoms. The van der Waals surface area contributed by atoms with Gasteiger partial charge in [0.05, 0.1) is 13.2 Å². The second kappa shape index (κ2) is 6.86. The molecule has 1 aliphatic rings. The second-order valence-corrected chi connectivity index (χ2v) is 4.46. The van der Waals surface area contributed by atoms with Crippen molar-refractivity contribution >= 4 is 11.9 Å². The SMILES string of the molecule is CCCC1(C)O[C@H](C(=O)OCC)[C@@H](C(=O)OCC)O1. The summed E-state index contributed by atoms with van der Waals surface area (Å²) >= 11 is 0. The van der Waals surface area contributed by atoms with E-state index in [1.165, 1.54) is 0 Å². The van der Waals surface area contributed by atoms with E-state index in [2.05, 4.69) is 0 Å². The van der Waals surface area contributed by atoms with Crippen LogP contribution in [0.2, 0.25) is 0 Å². The molecule has 1 fully saturated rings. The Kier molecular flexibility index (Phi) is 5.75. The van der Waals surface area contributed by atoms with Crippen LogP contribution in [-0.4, -0.2) is 43.1 Å². The summed E-state index contributed by atoms with van der Waals surface area (Å²) in [4.78, 5) is 23.6. The van der Waals surface area contributed by atoms with Gasteiger partial charge < -0.3 is 18.9 Å². The van der Waals surface area contributed by atoms with Gasteiger partial charge in [-0.2, -0.15) is 0 Å². The van der Waals surface area contributed by atoms with E-state index in [1.54, 1.807) is 20.8 Å². The minimum absolute atomic E-state index is 0.221. The molecule has 6 nitrogen and oxygen atoms in total. The maximum absolute atomic E-state index is 11.8. The molecule has 1 saturated heterocycles. The van der Waals surface area contributed by atoms with Gasteiger partial charge in [-0.1, -0.05) is 13.3 Å². The Morgan fingerprint density at radius 1 is 1.00 bits per heavy atom. The summed E-state index contributed by atoms with van der Waals surface area (Å²) in [5.41, 5.74) is 0. The third-order valence-corrected chi connectivity index (χ3v) is 2.77. The summed E-state index contributed by atoms with van der Waals surface area (Å²) in [5, 5.41) is 0. The molecular formula is C13H22O6. The molecule has 0 saturated carbocycles. The van der Waals surface area contributed by atoms with Crippen LogP contribution < -0.4 is 0 Å². The minimum Gasteiger partial charge on any atom is -0.464 e. The van der Waals surface area contributed by atoms with Crippen molar-refractivity contribution in [1.82, 2.24) is 0 Å². The van der Waals surface area contributed by atoms with Crippen molar-refractivity contribution in [3.63, 3.8) is 0 Å². The van der Waals surface area contributed by atoms with Crippen LogP contribution in [0.1, 0.15) is 40.5 Å². The summed E-state index contributed by atoms with van der Waals surface area (Å²) in [6, 6.07) is 0. The molecule has 0 aromatic carbocycles. The number of carbonyl (C=O) groups is 2. The zero-order chi connectivity index (χ0) is 14.5. The molecule has 0 aliphatic carbocycles. The largest absolute Gasteiger partial charge is 0.464 e. The molecule has 0 unspecified atom stereocenters. The van der Waals surface area contributed by atoms with Crippen LogP contribution >= 0.6 is 0 Å². The first-order valence-corrected chi connectivity index (χ1v) is 6.66. The molecule has 1 rings (SSSR count). The number of hydrogen-bond acceptors (Lipinski definition) is 6. The van der Waals surface area contributed by atoms with Gasteiger partial charge in [0, 0.05) is 6.42 Å². The molecule has 1 aliphatic heterocycles. The molecule has 0 bridgehead atoms. The van der Waals surface area contributed by atoms with Crippen molar-refractivity contribution in [2.45, 2.75) is 58.5 Å². The van der Waals surface area contributed by atoms with E-state index < -0.39 is 29.9 Å². The molecule has 0 radical (unpaired) electrons. The number of esters is 2. The van der Waals surface area contributed by atoms with E-state index in [-0.39, 0.29) is 13.2 Å². The van der Waals surface area contributed by atoms with E-state index in [0.29, 0.717) is 6.42 Å². The Morgan fingerprint density at radius 2 is 1.42 bits per heavy atom. The fourth-order valence-corrected chi connectivity index (χ4v) is 2.05. The highest BCUT2D eigenvalue weighted by Crippen LogP contribution is 2.33. The smallest absolute Gasteiger partial charge is 0.338 e. The third kappa shape index (κ3) is 3.91. The molecule has 2 atom stereocenters. The summed E-state index contributed by atoms with van der Waals surface area (Å²) in [7, 11) is 0. The van der Waals surface area contributed by atoms with Crippen LogP contribution in [0.15, 0.2) is 0 Å². The Labute approximate surface area is 113 Å². The van der Waals surface area contributed by atoms with Crippen molar-refractivity contribution in [3.05, 3.63) is 0 Å². The molecule has 0 N–H and O–H groups in total. The van der Waals surface area contributed by atoms with Crippen LogP contribution in [0.25, 0.3) is 0 Å². The Bertz CT molecular complexity index is 301. The van der Waals surface area contributed by atoms with Crippen LogP contribution in [0, 0.1) is 0 Å². The summed E-state index contributed by atoms with van der Waals surface area (Å²) < 4.78 is 21.0.